The number of hydrogen-bond donors (Lipinski definition) is 2. The average Bonchev–Trinajstić information content (AvgIpc) is 2.52. The first-order chi connectivity index (χ1) is 9.74. The predicted octanol–water partition coefficient (Wildman–Crippen LogP) is 1.86. The van der Waals surface area contributed by atoms with Crippen LogP contribution in [0.5, 0.6) is 0 Å². The maximum absolute atomic E-state index is 11.6. The number of benzene rings is 1. The molecule has 2 heterocycles. The smallest absolute Gasteiger partial charge is 0.337 e. The van der Waals surface area contributed by atoms with E-state index in [-0.39, 0.29) is 0 Å². The van der Waals surface area contributed by atoms with Crippen molar-refractivity contribution in [3.63, 3.8) is 0 Å². The van der Waals surface area contributed by atoms with Gasteiger partial charge >= 0.3 is 5.97 Å². The van der Waals surface area contributed by atoms with E-state index in [4.69, 9.17) is 10.6 Å². The van der Waals surface area contributed by atoms with Crippen molar-refractivity contribution < 1.29 is 9.53 Å². The number of carbonyl (C=O) groups excluding carboxylic acids is 1. The topological polar surface area (TPSA) is 90.1 Å². The Morgan fingerprint density at radius 1 is 1.25 bits per heavy atom. The van der Waals surface area contributed by atoms with Crippen molar-refractivity contribution >= 4 is 33.5 Å². The molecule has 3 N–H and O–H groups in total. The number of methoxy groups -OCH3 is 1. The Morgan fingerprint density at radius 3 is 2.85 bits per heavy atom. The zero-order valence-corrected chi connectivity index (χ0v) is 10.8. The van der Waals surface area contributed by atoms with Crippen LogP contribution in [-0.4, -0.2) is 23.0 Å². The molecule has 6 heteroatoms. The van der Waals surface area contributed by atoms with Gasteiger partial charge in [-0.15, -0.1) is 0 Å². The number of esters is 1. The van der Waals surface area contributed by atoms with Gasteiger partial charge < -0.3 is 10.2 Å². The zero-order chi connectivity index (χ0) is 14.1. The summed E-state index contributed by atoms with van der Waals surface area (Å²) in [6.07, 6.45) is 3.43. The maximum Gasteiger partial charge on any atom is 0.337 e. The monoisotopic (exact) mass is 268 g/mol. The van der Waals surface area contributed by atoms with Crippen molar-refractivity contribution in [1.29, 1.82) is 0 Å². The molecule has 0 fully saturated rings. The Bertz CT molecular complexity index is 817. The number of nitrogens with zero attached hydrogens (tertiary/aromatic N) is 2. The summed E-state index contributed by atoms with van der Waals surface area (Å²) in [6.45, 7) is 0. The quantitative estimate of drug-likeness (QED) is 0.319. The molecule has 20 heavy (non-hydrogen) atoms. The minimum absolute atomic E-state index is 0.401. The number of ether oxygens (including phenoxy) is 1. The highest BCUT2D eigenvalue weighted by Gasteiger charge is 2.11. The van der Waals surface area contributed by atoms with Crippen LogP contribution >= 0.6 is 0 Å². The molecule has 0 saturated heterocycles. The molecule has 0 aliphatic heterocycles. The molecule has 0 radical (unpaired) electrons. The summed E-state index contributed by atoms with van der Waals surface area (Å²) in [4.78, 5) is 20.1. The number of nitrogens with one attached hydrogen (secondary N) is 1. The molecule has 0 unspecified atom stereocenters. The second-order valence-electron chi connectivity index (χ2n) is 4.25. The van der Waals surface area contributed by atoms with Gasteiger partial charge in [0, 0.05) is 28.6 Å². The SMILES string of the molecule is COC(=O)c1ccc2c(c1)nc(NN)c1ccncc12. The largest absolute Gasteiger partial charge is 0.465 e. The minimum atomic E-state index is -0.401. The van der Waals surface area contributed by atoms with E-state index in [2.05, 4.69) is 15.4 Å². The van der Waals surface area contributed by atoms with Gasteiger partial charge in [-0.3, -0.25) is 4.98 Å². The molecule has 3 rings (SSSR count). The van der Waals surface area contributed by atoms with E-state index in [1.807, 2.05) is 12.1 Å². The van der Waals surface area contributed by atoms with Crippen LogP contribution in [0.25, 0.3) is 21.7 Å². The third-order valence-electron chi connectivity index (χ3n) is 3.15. The summed E-state index contributed by atoms with van der Waals surface area (Å²) < 4.78 is 4.71. The summed E-state index contributed by atoms with van der Waals surface area (Å²) in [5.74, 6) is 5.64. The lowest BCUT2D eigenvalue weighted by atomic mass is 10.1. The van der Waals surface area contributed by atoms with Gasteiger partial charge in [0.25, 0.3) is 0 Å². The molecular formula is C14H12N4O2. The molecule has 0 aliphatic rings. The highest BCUT2D eigenvalue weighted by Crippen LogP contribution is 2.28. The molecular weight excluding hydrogens is 256 g/mol. The van der Waals surface area contributed by atoms with Gasteiger partial charge in [0.05, 0.1) is 18.2 Å². The fourth-order valence-electron chi connectivity index (χ4n) is 2.20. The van der Waals surface area contributed by atoms with E-state index < -0.39 is 5.97 Å². The lowest BCUT2D eigenvalue weighted by molar-refractivity contribution is 0.0601. The number of hydrogen-bond acceptors (Lipinski definition) is 6. The Morgan fingerprint density at radius 2 is 2.10 bits per heavy atom. The number of aromatic nitrogens is 2. The van der Waals surface area contributed by atoms with Crippen molar-refractivity contribution in [2.45, 2.75) is 0 Å². The molecule has 0 aliphatic carbocycles. The Labute approximate surface area is 114 Å². The van der Waals surface area contributed by atoms with Crippen molar-refractivity contribution in [2.24, 2.45) is 5.84 Å². The fourth-order valence-corrected chi connectivity index (χ4v) is 2.20. The third kappa shape index (κ3) is 1.83. The predicted molar refractivity (Wildman–Crippen MR) is 76.2 cm³/mol. The first kappa shape index (κ1) is 12.3. The number of hydrazine groups is 1. The number of nitrogens with two attached hydrogens (primary N) is 1. The second-order valence-corrected chi connectivity index (χ2v) is 4.25. The van der Waals surface area contributed by atoms with Crippen molar-refractivity contribution in [1.82, 2.24) is 9.97 Å². The van der Waals surface area contributed by atoms with Crippen LogP contribution < -0.4 is 11.3 Å². The van der Waals surface area contributed by atoms with Crippen LogP contribution in [0.2, 0.25) is 0 Å². The van der Waals surface area contributed by atoms with Gasteiger partial charge in [-0.05, 0) is 18.2 Å². The van der Waals surface area contributed by atoms with Gasteiger partial charge in [-0.1, -0.05) is 6.07 Å². The minimum Gasteiger partial charge on any atom is -0.465 e. The average molecular weight is 268 g/mol. The number of nitrogen functional groups attached to an aromatic ring is 1. The van der Waals surface area contributed by atoms with Crippen LogP contribution in [-0.2, 0) is 4.74 Å². The molecule has 0 amide bonds. The number of pyridine rings is 2. The summed E-state index contributed by atoms with van der Waals surface area (Å²) in [7, 11) is 1.34. The molecule has 100 valence electrons. The van der Waals surface area contributed by atoms with E-state index in [1.54, 1.807) is 24.5 Å². The highest BCUT2D eigenvalue weighted by atomic mass is 16.5. The second kappa shape index (κ2) is 4.75. The first-order valence-electron chi connectivity index (χ1n) is 5.97. The van der Waals surface area contributed by atoms with Crippen LogP contribution in [0.4, 0.5) is 5.82 Å². The standard InChI is InChI=1S/C14H12N4O2/c1-20-14(19)8-2-3-9-11-7-16-5-4-10(11)13(18-15)17-12(9)6-8/h2-7H,15H2,1H3,(H,17,18). The third-order valence-corrected chi connectivity index (χ3v) is 3.15. The molecule has 0 atom stereocenters. The van der Waals surface area contributed by atoms with E-state index in [1.165, 1.54) is 7.11 Å². The Balaban J connectivity index is 2.36. The molecule has 3 aromatic rings. The van der Waals surface area contributed by atoms with Gasteiger partial charge in [-0.2, -0.15) is 0 Å². The lowest BCUT2D eigenvalue weighted by Gasteiger charge is -2.09. The maximum atomic E-state index is 11.6. The molecule has 0 spiro atoms. The van der Waals surface area contributed by atoms with E-state index >= 15 is 0 Å². The number of rotatable bonds is 2. The molecule has 0 saturated carbocycles. The summed E-state index contributed by atoms with van der Waals surface area (Å²) in [6, 6.07) is 7.05. The van der Waals surface area contributed by atoms with Crippen LogP contribution in [0, 0.1) is 0 Å². The summed E-state index contributed by atoms with van der Waals surface area (Å²) >= 11 is 0. The normalized spacial score (nSPS) is 10.7. The Hall–Kier alpha value is -2.73. The van der Waals surface area contributed by atoms with Crippen molar-refractivity contribution in [3.05, 3.63) is 42.2 Å². The fraction of sp³-hybridized carbons (Fsp3) is 0.0714. The molecule has 6 nitrogen and oxygen atoms in total. The van der Waals surface area contributed by atoms with Crippen LogP contribution in [0.15, 0.2) is 36.7 Å². The number of fused-ring (bicyclic) bond motifs is 3. The summed E-state index contributed by atoms with van der Waals surface area (Å²) in [5, 5.41) is 2.70. The lowest BCUT2D eigenvalue weighted by Crippen LogP contribution is -2.09. The first-order valence-corrected chi connectivity index (χ1v) is 5.97. The van der Waals surface area contributed by atoms with Gasteiger partial charge in [-0.25, -0.2) is 15.6 Å². The Kier molecular flexibility index (Phi) is 2.92. The van der Waals surface area contributed by atoms with Gasteiger partial charge in [0.2, 0.25) is 0 Å². The van der Waals surface area contributed by atoms with E-state index in [0.717, 1.165) is 16.2 Å². The van der Waals surface area contributed by atoms with E-state index in [0.29, 0.717) is 16.9 Å². The van der Waals surface area contributed by atoms with Crippen LogP contribution in [0.1, 0.15) is 10.4 Å². The zero-order valence-electron chi connectivity index (χ0n) is 10.8. The van der Waals surface area contributed by atoms with E-state index in [9.17, 15) is 4.79 Å². The molecule has 1 aromatic carbocycles. The van der Waals surface area contributed by atoms with Crippen molar-refractivity contribution in [3.8, 4) is 0 Å². The highest BCUT2D eigenvalue weighted by molar-refractivity contribution is 6.10. The van der Waals surface area contributed by atoms with Crippen LogP contribution in [0.3, 0.4) is 0 Å². The number of carbonyl (C=O) groups is 1. The number of anilines is 1. The van der Waals surface area contributed by atoms with Gasteiger partial charge in [0.1, 0.15) is 5.82 Å². The molecule has 0 bridgehead atoms. The summed E-state index contributed by atoms with van der Waals surface area (Å²) in [5.41, 5.74) is 3.67. The van der Waals surface area contributed by atoms with Crippen molar-refractivity contribution in [2.75, 3.05) is 12.5 Å². The van der Waals surface area contributed by atoms with Gasteiger partial charge in [0.15, 0.2) is 0 Å². The molecule has 2 aromatic heterocycles.